The molecule has 2 N–H and O–H groups in total. The van der Waals surface area contributed by atoms with Gasteiger partial charge in [-0.3, -0.25) is 19.6 Å². The average Bonchev–Trinajstić information content (AvgIpc) is 3.52. The van der Waals surface area contributed by atoms with Crippen molar-refractivity contribution in [2.75, 3.05) is 67.7 Å². The van der Waals surface area contributed by atoms with E-state index in [1.54, 1.807) is 40.8 Å². The molecule has 5 atom stereocenters. The van der Waals surface area contributed by atoms with Crippen LogP contribution < -0.4 is 29.6 Å². The molecule has 2 amide bonds. The van der Waals surface area contributed by atoms with E-state index >= 15 is 4.79 Å². The highest BCUT2D eigenvalue weighted by Crippen LogP contribution is 2.56. The first-order valence-electron chi connectivity index (χ1n) is 17.8. The Morgan fingerprint density at radius 1 is 0.692 bits per heavy atom. The van der Waals surface area contributed by atoms with E-state index in [0.29, 0.717) is 62.3 Å². The molecule has 2 aliphatic heterocycles. The summed E-state index contributed by atoms with van der Waals surface area (Å²) in [5.41, 5.74) is 4.31. The van der Waals surface area contributed by atoms with Crippen molar-refractivity contribution in [2.24, 2.45) is 5.92 Å². The summed E-state index contributed by atoms with van der Waals surface area (Å²) in [4.78, 5) is 43.3. The fourth-order valence-electron chi connectivity index (χ4n) is 8.25. The van der Waals surface area contributed by atoms with Gasteiger partial charge in [0.2, 0.25) is 11.8 Å². The number of fused-ring (bicyclic) bond motifs is 1. The number of ether oxygens (including phenoxy) is 4. The number of benzene rings is 2. The fraction of sp³-hybridized carbons (Fsp3) is 0.400. The first-order chi connectivity index (χ1) is 25.5. The van der Waals surface area contributed by atoms with E-state index in [1.165, 1.54) is 0 Å². The SMILES string of the molecule is COc1ccc(C2c3cc(OC)c(OC)cc3C(CC(=O)N3CCNCC3c3ccccn3)C2C(=O)N2CCNCC2c2ccccn2)cc1OC. The van der Waals surface area contributed by atoms with Crippen molar-refractivity contribution < 1.29 is 28.5 Å². The molecule has 4 heterocycles. The number of hydrogen-bond acceptors (Lipinski definition) is 10. The zero-order valence-electron chi connectivity index (χ0n) is 30.1. The van der Waals surface area contributed by atoms with Gasteiger partial charge in [0, 0.05) is 69.9 Å². The topological polar surface area (TPSA) is 127 Å². The summed E-state index contributed by atoms with van der Waals surface area (Å²) in [5, 5.41) is 6.90. The zero-order chi connectivity index (χ0) is 36.2. The number of methoxy groups -OCH3 is 4. The lowest BCUT2D eigenvalue weighted by Crippen LogP contribution is -2.52. The van der Waals surface area contributed by atoms with Gasteiger partial charge >= 0.3 is 0 Å². The molecule has 2 aromatic carbocycles. The van der Waals surface area contributed by atoms with Crippen LogP contribution in [0, 0.1) is 5.92 Å². The van der Waals surface area contributed by atoms with Crippen molar-refractivity contribution >= 4 is 11.8 Å². The van der Waals surface area contributed by atoms with Crippen LogP contribution in [0.4, 0.5) is 0 Å². The van der Waals surface area contributed by atoms with E-state index in [1.807, 2.05) is 76.5 Å². The highest BCUT2D eigenvalue weighted by Gasteiger charge is 2.50. The number of pyridine rings is 2. The minimum atomic E-state index is -0.644. The minimum absolute atomic E-state index is 0.0322. The molecule has 272 valence electrons. The van der Waals surface area contributed by atoms with Gasteiger partial charge in [0.1, 0.15) is 0 Å². The molecular formula is C40H46N6O6. The van der Waals surface area contributed by atoms with E-state index in [2.05, 4.69) is 20.6 Å². The summed E-state index contributed by atoms with van der Waals surface area (Å²) in [6.07, 6.45) is 3.63. The number of carbonyl (C=O) groups excluding carboxylic acids is 2. The van der Waals surface area contributed by atoms with Crippen LogP contribution in [0.5, 0.6) is 23.0 Å². The van der Waals surface area contributed by atoms with Crippen LogP contribution >= 0.6 is 0 Å². The number of hydrogen-bond donors (Lipinski definition) is 2. The van der Waals surface area contributed by atoms with Crippen molar-refractivity contribution in [1.29, 1.82) is 0 Å². The summed E-state index contributed by atoms with van der Waals surface area (Å²) >= 11 is 0. The monoisotopic (exact) mass is 706 g/mol. The van der Waals surface area contributed by atoms with E-state index in [4.69, 9.17) is 18.9 Å². The molecule has 52 heavy (non-hydrogen) atoms. The molecule has 0 saturated carbocycles. The van der Waals surface area contributed by atoms with Gasteiger partial charge in [0.05, 0.1) is 57.8 Å². The van der Waals surface area contributed by atoms with Gasteiger partial charge in [-0.1, -0.05) is 18.2 Å². The number of rotatable bonds is 10. The van der Waals surface area contributed by atoms with Crippen LogP contribution in [0.25, 0.3) is 0 Å². The Kier molecular flexibility index (Phi) is 10.6. The second-order valence-corrected chi connectivity index (χ2v) is 13.3. The molecule has 2 fully saturated rings. The Balaban J connectivity index is 1.37. The average molecular weight is 707 g/mol. The molecule has 0 radical (unpaired) electrons. The van der Waals surface area contributed by atoms with Crippen molar-refractivity contribution in [3.63, 3.8) is 0 Å². The molecule has 2 saturated heterocycles. The predicted molar refractivity (Wildman–Crippen MR) is 195 cm³/mol. The highest BCUT2D eigenvalue weighted by atomic mass is 16.5. The van der Waals surface area contributed by atoms with Crippen LogP contribution in [0.15, 0.2) is 79.1 Å². The van der Waals surface area contributed by atoms with E-state index in [-0.39, 0.29) is 30.3 Å². The first kappa shape index (κ1) is 35.2. The molecule has 2 aromatic heterocycles. The van der Waals surface area contributed by atoms with Crippen molar-refractivity contribution in [3.8, 4) is 23.0 Å². The summed E-state index contributed by atoms with van der Waals surface area (Å²) in [7, 11) is 6.41. The standard InChI is InChI=1S/C40H46N6O6/c1-49-33-12-11-25(19-34(33)50-2)38-27-21-36(52-4)35(51-3)20-26(27)28(22-37(47)45-17-15-41-23-31(45)29-9-5-7-13-43-29)39(38)40(48)46-18-16-42-24-32(46)30-10-6-8-14-44-30/h5-14,19-21,28,31-32,38-39,41-42H,15-18,22-24H2,1-4H3. The van der Waals surface area contributed by atoms with E-state index in [9.17, 15) is 4.79 Å². The Labute approximate surface area is 304 Å². The lowest BCUT2D eigenvalue weighted by atomic mass is 9.79. The highest BCUT2D eigenvalue weighted by molar-refractivity contribution is 5.87. The Bertz CT molecular complexity index is 1880. The number of nitrogens with one attached hydrogen (secondary N) is 2. The molecule has 5 unspecified atom stereocenters. The van der Waals surface area contributed by atoms with Crippen LogP contribution in [-0.4, -0.2) is 99.3 Å². The summed E-state index contributed by atoms with van der Waals surface area (Å²) in [6.45, 7) is 3.51. The summed E-state index contributed by atoms with van der Waals surface area (Å²) < 4.78 is 23.0. The van der Waals surface area contributed by atoms with Crippen molar-refractivity contribution in [1.82, 2.24) is 30.4 Å². The Hall–Kier alpha value is -5.20. The predicted octanol–water partition coefficient (Wildman–Crippen LogP) is 4.09. The van der Waals surface area contributed by atoms with Gasteiger partial charge in [-0.25, -0.2) is 0 Å². The molecule has 4 aromatic rings. The maximum atomic E-state index is 15.5. The lowest BCUT2D eigenvalue weighted by Gasteiger charge is -2.40. The number of amides is 2. The normalized spacial score (nSPS) is 22.7. The first-order valence-corrected chi connectivity index (χ1v) is 17.8. The number of aromatic nitrogens is 2. The fourth-order valence-corrected chi connectivity index (χ4v) is 8.25. The molecule has 3 aliphatic rings. The zero-order valence-corrected chi connectivity index (χ0v) is 30.1. The quantitative estimate of drug-likeness (QED) is 0.249. The van der Waals surface area contributed by atoms with Crippen molar-refractivity contribution in [2.45, 2.75) is 30.3 Å². The maximum Gasteiger partial charge on any atom is 0.227 e. The maximum absolute atomic E-state index is 15.5. The smallest absolute Gasteiger partial charge is 0.227 e. The van der Waals surface area contributed by atoms with Crippen LogP contribution in [0.3, 0.4) is 0 Å². The summed E-state index contributed by atoms with van der Waals surface area (Å²) in [6, 6.07) is 20.8. The van der Waals surface area contributed by atoms with Gasteiger partial charge < -0.3 is 39.4 Å². The largest absolute Gasteiger partial charge is 0.493 e. The van der Waals surface area contributed by atoms with Crippen LogP contribution in [0.1, 0.15) is 58.4 Å². The van der Waals surface area contributed by atoms with E-state index in [0.717, 1.165) is 28.1 Å². The van der Waals surface area contributed by atoms with Gasteiger partial charge in [-0.15, -0.1) is 0 Å². The second kappa shape index (κ2) is 15.6. The number of piperazine rings is 2. The molecule has 0 bridgehead atoms. The number of nitrogens with zero attached hydrogens (tertiary/aromatic N) is 4. The summed E-state index contributed by atoms with van der Waals surface area (Å²) in [5.74, 6) is 0.606. The van der Waals surface area contributed by atoms with Gasteiger partial charge in [-0.2, -0.15) is 0 Å². The molecule has 12 heteroatoms. The Morgan fingerprint density at radius 3 is 1.83 bits per heavy atom. The third-order valence-electron chi connectivity index (χ3n) is 10.7. The molecule has 1 aliphatic carbocycles. The van der Waals surface area contributed by atoms with Gasteiger partial charge in [-0.05, 0) is 65.2 Å². The molecule has 0 spiro atoms. The third-order valence-corrected chi connectivity index (χ3v) is 10.7. The van der Waals surface area contributed by atoms with Gasteiger partial charge in [0.25, 0.3) is 0 Å². The van der Waals surface area contributed by atoms with Gasteiger partial charge in [0.15, 0.2) is 23.0 Å². The van der Waals surface area contributed by atoms with Crippen LogP contribution in [0.2, 0.25) is 0 Å². The second-order valence-electron chi connectivity index (χ2n) is 13.3. The molecule has 7 rings (SSSR count). The molecule has 12 nitrogen and oxygen atoms in total. The van der Waals surface area contributed by atoms with Crippen molar-refractivity contribution in [3.05, 3.63) is 107 Å². The lowest BCUT2D eigenvalue weighted by molar-refractivity contribution is -0.141. The molecular weight excluding hydrogens is 660 g/mol. The van der Waals surface area contributed by atoms with Crippen LogP contribution in [-0.2, 0) is 9.59 Å². The Morgan fingerprint density at radius 2 is 1.25 bits per heavy atom. The number of carbonyl (C=O) groups is 2. The van der Waals surface area contributed by atoms with E-state index < -0.39 is 17.8 Å². The third kappa shape index (κ3) is 6.64. The minimum Gasteiger partial charge on any atom is -0.493 e.